The fraction of sp³-hybridized carbons (Fsp3) is 0. The molecular formula is C57H35N5O. The Kier molecular flexibility index (Phi) is 7.80. The van der Waals surface area contributed by atoms with Gasteiger partial charge in [-0.25, -0.2) is 4.98 Å². The Morgan fingerprint density at radius 3 is 1.56 bits per heavy atom. The summed E-state index contributed by atoms with van der Waals surface area (Å²) in [6.07, 6.45) is 0. The highest BCUT2D eigenvalue weighted by atomic mass is 16.3. The minimum Gasteiger partial charge on any atom is -0.456 e. The van der Waals surface area contributed by atoms with Gasteiger partial charge in [0, 0.05) is 49.0 Å². The molecule has 0 fully saturated rings. The van der Waals surface area contributed by atoms with Gasteiger partial charge in [-0.05, 0) is 77.4 Å². The van der Waals surface area contributed by atoms with E-state index in [1.165, 1.54) is 21.9 Å². The summed E-state index contributed by atoms with van der Waals surface area (Å²) in [4.78, 5) is 15.8. The molecular weight excluding hydrogens is 771 g/mol. The summed E-state index contributed by atoms with van der Waals surface area (Å²) in [7, 11) is 0. The van der Waals surface area contributed by atoms with Crippen molar-refractivity contribution in [3.63, 3.8) is 0 Å². The van der Waals surface area contributed by atoms with E-state index >= 15 is 0 Å². The number of nitrogens with zero attached hydrogens (tertiary/aromatic N) is 5. The second-order valence-corrected chi connectivity index (χ2v) is 16.0. The summed E-state index contributed by atoms with van der Waals surface area (Å²) in [6, 6.07) is 74.7. The van der Waals surface area contributed by atoms with Gasteiger partial charge in [-0.15, -0.1) is 0 Å². The molecule has 4 aromatic heterocycles. The second-order valence-electron chi connectivity index (χ2n) is 16.0. The SMILES string of the molecule is c1ccc(-c2ccc(-n3c4ccccc4c4cc5c6ccccc6n(-c6nc(-c7ccccc7)nc(-c7ccc8oc9ccccc9c8c7)n6)c5cc43)c(-c3ccccc3)c2)cc1. The molecule has 63 heavy (non-hydrogen) atoms. The maximum Gasteiger partial charge on any atom is 0.238 e. The molecule has 0 N–H and O–H groups in total. The van der Waals surface area contributed by atoms with Gasteiger partial charge in [-0.3, -0.25) is 4.57 Å². The Hall–Kier alpha value is -8.61. The third kappa shape index (κ3) is 5.62. The molecule has 0 atom stereocenters. The van der Waals surface area contributed by atoms with Crippen LogP contribution >= 0.6 is 0 Å². The Morgan fingerprint density at radius 1 is 0.302 bits per heavy atom. The first-order valence-electron chi connectivity index (χ1n) is 21.2. The number of hydrogen-bond donors (Lipinski definition) is 0. The van der Waals surface area contributed by atoms with Crippen molar-refractivity contribution < 1.29 is 4.42 Å². The van der Waals surface area contributed by atoms with Gasteiger partial charge in [0.05, 0.1) is 27.8 Å². The summed E-state index contributed by atoms with van der Waals surface area (Å²) in [5, 5.41) is 6.68. The summed E-state index contributed by atoms with van der Waals surface area (Å²) < 4.78 is 10.9. The second kappa shape index (κ2) is 14.0. The van der Waals surface area contributed by atoms with Crippen molar-refractivity contribution in [2.75, 3.05) is 0 Å². The summed E-state index contributed by atoms with van der Waals surface area (Å²) in [6.45, 7) is 0. The molecule has 0 amide bonds. The van der Waals surface area contributed by atoms with E-state index in [1.54, 1.807) is 0 Å². The highest BCUT2D eigenvalue weighted by Gasteiger charge is 2.23. The predicted molar refractivity (Wildman–Crippen MR) is 258 cm³/mol. The minimum atomic E-state index is 0.543. The van der Waals surface area contributed by atoms with Crippen LogP contribution in [0.4, 0.5) is 0 Å². The molecule has 0 saturated heterocycles. The van der Waals surface area contributed by atoms with Crippen LogP contribution in [0, 0.1) is 0 Å². The van der Waals surface area contributed by atoms with Crippen LogP contribution in [0.25, 0.3) is 122 Å². The predicted octanol–water partition coefficient (Wildman–Crippen LogP) is 14.6. The Balaban J connectivity index is 1.10. The first-order chi connectivity index (χ1) is 31.2. The molecule has 0 aliphatic rings. The number of benzene rings is 9. The van der Waals surface area contributed by atoms with Crippen LogP contribution < -0.4 is 0 Å². The molecule has 6 nitrogen and oxygen atoms in total. The molecule has 0 unspecified atom stereocenters. The summed E-state index contributed by atoms with van der Waals surface area (Å²) >= 11 is 0. The molecule has 294 valence electrons. The van der Waals surface area contributed by atoms with E-state index in [2.05, 4.69) is 173 Å². The van der Waals surface area contributed by atoms with Crippen LogP contribution in [-0.2, 0) is 0 Å². The maximum atomic E-state index is 6.21. The van der Waals surface area contributed by atoms with Gasteiger partial charge in [0.25, 0.3) is 0 Å². The van der Waals surface area contributed by atoms with E-state index < -0.39 is 0 Å². The molecule has 0 aliphatic heterocycles. The average Bonchev–Trinajstić information content (AvgIpc) is 4.01. The van der Waals surface area contributed by atoms with Crippen LogP contribution in [0.15, 0.2) is 217 Å². The third-order valence-electron chi connectivity index (χ3n) is 12.4. The lowest BCUT2D eigenvalue weighted by Crippen LogP contribution is -2.06. The van der Waals surface area contributed by atoms with Crippen molar-refractivity contribution in [1.29, 1.82) is 0 Å². The lowest BCUT2D eigenvalue weighted by atomic mass is 9.97. The zero-order valence-corrected chi connectivity index (χ0v) is 33.9. The molecule has 6 heteroatoms. The fourth-order valence-electron chi connectivity index (χ4n) is 9.47. The van der Waals surface area contributed by atoms with Gasteiger partial charge in [0.2, 0.25) is 5.95 Å². The van der Waals surface area contributed by atoms with Crippen LogP contribution in [0.5, 0.6) is 0 Å². The molecule has 9 aromatic carbocycles. The van der Waals surface area contributed by atoms with E-state index in [1.807, 2.05) is 48.5 Å². The van der Waals surface area contributed by atoms with Crippen LogP contribution in [0.2, 0.25) is 0 Å². The topological polar surface area (TPSA) is 61.7 Å². The molecule has 4 heterocycles. The van der Waals surface area contributed by atoms with Crippen LogP contribution in [0.1, 0.15) is 0 Å². The highest BCUT2D eigenvalue weighted by Crippen LogP contribution is 2.42. The monoisotopic (exact) mass is 805 g/mol. The van der Waals surface area contributed by atoms with E-state index in [9.17, 15) is 0 Å². The van der Waals surface area contributed by atoms with Gasteiger partial charge in [-0.2, -0.15) is 9.97 Å². The van der Waals surface area contributed by atoms with Crippen molar-refractivity contribution >= 4 is 65.6 Å². The van der Waals surface area contributed by atoms with Crippen molar-refractivity contribution in [2.24, 2.45) is 0 Å². The zero-order chi connectivity index (χ0) is 41.4. The van der Waals surface area contributed by atoms with Crippen molar-refractivity contribution in [1.82, 2.24) is 24.1 Å². The highest BCUT2D eigenvalue weighted by molar-refractivity contribution is 6.19. The number of aromatic nitrogens is 5. The first kappa shape index (κ1) is 35.2. The quantitative estimate of drug-likeness (QED) is 0.168. The maximum absolute atomic E-state index is 6.21. The van der Waals surface area contributed by atoms with E-state index in [4.69, 9.17) is 19.4 Å². The molecule has 0 bridgehead atoms. The van der Waals surface area contributed by atoms with Crippen molar-refractivity contribution in [3.8, 4) is 56.7 Å². The molecule has 0 radical (unpaired) electrons. The van der Waals surface area contributed by atoms with Gasteiger partial charge in [0.15, 0.2) is 11.6 Å². The number of hydrogen-bond acceptors (Lipinski definition) is 4. The lowest BCUT2D eigenvalue weighted by Gasteiger charge is -2.16. The fourth-order valence-corrected chi connectivity index (χ4v) is 9.47. The largest absolute Gasteiger partial charge is 0.456 e. The molecule has 0 spiro atoms. The van der Waals surface area contributed by atoms with Gasteiger partial charge in [0.1, 0.15) is 11.2 Å². The molecule has 13 aromatic rings. The standard InChI is InChI=1S/C57H35N5O/c1-4-16-36(17-5-1)39-28-30-50(44(32-39)37-18-6-2-7-19-37)61-48-25-13-10-22-41(48)45-34-46-42-23-11-14-26-49(42)62(52(46)35-51(45)61)57-59-55(38-20-8-3-9-21-38)58-56(60-57)40-29-31-54-47(33-40)43-24-12-15-27-53(43)63-54/h1-35H. The normalized spacial score (nSPS) is 11.8. The van der Waals surface area contributed by atoms with Crippen molar-refractivity contribution in [2.45, 2.75) is 0 Å². The molecule has 0 saturated carbocycles. The number of furan rings is 1. The van der Waals surface area contributed by atoms with Gasteiger partial charge >= 0.3 is 0 Å². The number of fused-ring (bicyclic) bond motifs is 9. The average molecular weight is 806 g/mol. The smallest absolute Gasteiger partial charge is 0.238 e. The third-order valence-corrected chi connectivity index (χ3v) is 12.4. The Morgan fingerprint density at radius 2 is 0.841 bits per heavy atom. The van der Waals surface area contributed by atoms with Crippen LogP contribution in [0.3, 0.4) is 0 Å². The lowest BCUT2D eigenvalue weighted by molar-refractivity contribution is 0.669. The van der Waals surface area contributed by atoms with E-state index in [0.29, 0.717) is 17.6 Å². The Bertz CT molecular complexity index is 3900. The molecule has 0 aliphatic carbocycles. The summed E-state index contributed by atoms with van der Waals surface area (Å²) in [5.41, 5.74) is 13.5. The zero-order valence-electron chi connectivity index (χ0n) is 33.9. The van der Waals surface area contributed by atoms with E-state index in [0.717, 1.165) is 82.7 Å². The summed E-state index contributed by atoms with van der Waals surface area (Å²) in [5.74, 6) is 1.72. The van der Waals surface area contributed by atoms with Crippen molar-refractivity contribution in [3.05, 3.63) is 212 Å². The van der Waals surface area contributed by atoms with Gasteiger partial charge < -0.3 is 8.98 Å². The van der Waals surface area contributed by atoms with Gasteiger partial charge in [-0.1, -0.05) is 152 Å². The molecule has 13 rings (SSSR count). The number of para-hydroxylation sites is 3. The Labute approximate surface area is 361 Å². The van der Waals surface area contributed by atoms with E-state index in [-0.39, 0.29) is 0 Å². The first-order valence-corrected chi connectivity index (χ1v) is 21.2. The minimum absolute atomic E-state index is 0.543. The number of rotatable bonds is 6. The van der Waals surface area contributed by atoms with Crippen LogP contribution in [-0.4, -0.2) is 24.1 Å².